The van der Waals surface area contributed by atoms with Crippen molar-refractivity contribution in [1.29, 1.82) is 0 Å². The summed E-state index contributed by atoms with van der Waals surface area (Å²) >= 11 is 0. The molecule has 1 aliphatic rings. The largest absolute Gasteiger partial charge is 0.380 e. The lowest BCUT2D eigenvalue weighted by Crippen LogP contribution is -2.34. The van der Waals surface area contributed by atoms with E-state index >= 15 is 0 Å². The lowest BCUT2D eigenvalue weighted by Gasteiger charge is -2.24. The maximum Gasteiger partial charge on any atom is 0.343 e. The summed E-state index contributed by atoms with van der Waals surface area (Å²) in [6, 6.07) is 3.35. The second kappa shape index (κ2) is 6.04. The lowest BCUT2D eigenvalue weighted by atomic mass is 10.2. The molecular formula is C15H21N5O3. The highest BCUT2D eigenvalue weighted by Gasteiger charge is 2.40. The van der Waals surface area contributed by atoms with Crippen LogP contribution in [0.1, 0.15) is 35.7 Å². The van der Waals surface area contributed by atoms with Crippen molar-refractivity contribution >= 4 is 5.91 Å². The molecule has 0 unspecified atom stereocenters. The highest BCUT2D eigenvalue weighted by atomic mass is 16.5. The number of aromatic nitrogens is 4. The summed E-state index contributed by atoms with van der Waals surface area (Å²) in [5, 5.41) is 6.62. The van der Waals surface area contributed by atoms with Crippen molar-refractivity contribution in [3.05, 3.63) is 40.3 Å². The van der Waals surface area contributed by atoms with Gasteiger partial charge in [0.25, 0.3) is 5.91 Å². The number of rotatable bonds is 4. The van der Waals surface area contributed by atoms with Gasteiger partial charge < -0.3 is 14.2 Å². The van der Waals surface area contributed by atoms with E-state index in [0.717, 1.165) is 0 Å². The Morgan fingerprint density at radius 3 is 2.91 bits per heavy atom. The van der Waals surface area contributed by atoms with Crippen LogP contribution in [0.5, 0.6) is 0 Å². The fourth-order valence-electron chi connectivity index (χ4n) is 3.16. The SMILES string of the molecule is CCn1c([C@@H]2C[C@H](OC)CN2C(=O)c2cccn2C)n[nH]c1=O. The van der Waals surface area contributed by atoms with Crippen LogP contribution in [0.2, 0.25) is 0 Å². The van der Waals surface area contributed by atoms with Gasteiger partial charge in [0.15, 0.2) is 5.82 Å². The number of amides is 1. The first-order chi connectivity index (χ1) is 11.1. The monoisotopic (exact) mass is 319 g/mol. The molecule has 2 aromatic rings. The normalized spacial score (nSPS) is 21.1. The molecule has 1 N–H and O–H groups in total. The summed E-state index contributed by atoms with van der Waals surface area (Å²) in [6.07, 6.45) is 2.39. The average Bonchev–Trinajstić information content (AvgIpc) is 3.24. The Morgan fingerprint density at radius 2 is 2.30 bits per heavy atom. The number of H-pyrrole nitrogens is 1. The molecule has 0 aromatic carbocycles. The zero-order valence-corrected chi connectivity index (χ0v) is 13.5. The minimum absolute atomic E-state index is 0.0682. The number of aryl methyl sites for hydroxylation is 1. The zero-order valence-electron chi connectivity index (χ0n) is 13.5. The number of hydrogen-bond acceptors (Lipinski definition) is 4. The fourth-order valence-corrected chi connectivity index (χ4v) is 3.16. The van der Waals surface area contributed by atoms with Crippen LogP contribution < -0.4 is 5.69 Å². The smallest absolute Gasteiger partial charge is 0.343 e. The molecule has 2 aromatic heterocycles. The van der Waals surface area contributed by atoms with E-state index in [1.54, 1.807) is 27.2 Å². The summed E-state index contributed by atoms with van der Waals surface area (Å²) in [4.78, 5) is 26.5. The van der Waals surface area contributed by atoms with Crippen LogP contribution >= 0.6 is 0 Å². The van der Waals surface area contributed by atoms with E-state index in [-0.39, 0.29) is 23.7 Å². The summed E-state index contributed by atoms with van der Waals surface area (Å²) in [5.41, 5.74) is 0.349. The van der Waals surface area contributed by atoms with Crippen molar-refractivity contribution in [2.45, 2.75) is 32.0 Å². The van der Waals surface area contributed by atoms with E-state index in [0.29, 0.717) is 31.0 Å². The van der Waals surface area contributed by atoms with Gasteiger partial charge in [0, 0.05) is 39.9 Å². The molecule has 8 nitrogen and oxygen atoms in total. The van der Waals surface area contributed by atoms with Crippen LogP contribution in [0.15, 0.2) is 23.1 Å². The van der Waals surface area contributed by atoms with E-state index in [9.17, 15) is 9.59 Å². The molecule has 0 saturated carbocycles. The van der Waals surface area contributed by atoms with Crippen molar-refractivity contribution in [2.24, 2.45) is 7.05 Å². The van der Waals surface area contributed by atoms with E-state index in [1.807, 2.05) is 26.2 Å². The number of ether oxygens (including phenoxy) is 1. The Kier molecular flexibility index (Phi) is 4.08. The van der Waals surface area contributed by atoms with Gasteiger partial charge in [0.1, 0.15) is 5.69 Å². The second-order valence-electron chi connectivity index (χ2n) is 5.70. The van der Waals surface area contributed by atoms with Gasteiger partial charge in [-0.3, -0.25) is 9.36 Å². The lowest BCUT2D eigenvalue weighted by molar-refractivity contribution is 0.0673. The molecule has 1 amide bonds. The molecule has 0 radical (unpaired) electrons. The van der Waals surface area contributed by atoms with Gasteiger partial charge >= 0.3 is 5.69 Å². The van der Waals surface area contributed by atoms with Crippen LogP contribution in [0.4, 0.5) is 0 Å². The van der Waals surface area contributed by atoms with Gasteiger partial charge in [-0.1, -0.05) is 0 Å². The summed E-state index contributed by atoms with van der Waals surface area (Å²) in [6.45, 7) is 2.87. The average molecular weight is 319 g/mol. The Bertz CT molecular complexity index is 759. The first kappa shape index (κ1) is 15.5. The molecule has 124 valence electrons. The Labute approximate surface area is 133 Å². The molecule has 0 bridgehead atoms. The van der Waals surface area contributed by atoms with Gasteiger partial charge in [0.2, 0.25) is 0 Å². The third-order valence-electron chi connectivity index (χ3n) is 4.42. The summed E-state index contributed by atoms with van der Waals surface area (Å²) < 4.78 is 8.80. The molecule has 23 heavy (non-hydrogen) atoms. The molecule has 3 heterocycles. The highest BCUT2D eigenvalue weighted by molar-refractivity contribution is 5.93. The van der Waals surface area contributed by atoms with E-state index < -0.39 is 0 Å². The van der Waals surface area contributed by atoms with Crippen molar-refractivity contribution in [2.75, 3.05) is 13.7 Å². The number of carbonyl (C=O) groups is 1. The number of carbonyl (C=O) groups excluding carboxylic acids is 1. The van der Waals surface area contributed by atoms with Crippen LogP contribution in [0.3, 0.4) is 0 Å². The molecule has 1 fully saturated rings. The van der Waals surface area contributed by atoms with Crippen molar-refractivity contribution in [3.63, 3.8) is 0 Å². The molecule has 8 heteroatoms. The van der Waals surface area contributed by atoms with E-state index in [2.05, 4.69) is 10.2 Å². The van der Waals surface area contributed by atoms with E-state index in [1.165, 1.54) is 0 Å². The number of nitrogens with one attached hydrogen (secondary N) is 1. The summed E-state index contributed by atoms with van der Waals surface area (Å²) in [7, 11) is 3.47. The second-order valence-corrected chi connectivity index (χ2v) is 5.70. The van der Waals surface area contributed by atoms with Gasteiger partial charge in [-0.05, 0) is 19.1 Å². The molecule has 0 spiro atoms. The first-order valence-electron chi connectivity index (χ1n) is 7.67. The van der Waals surface area contributed by atoms with Crippen LogP contribution in [0.25, 0.3) is 0 Å². The third kappa shape index (κ3) is 2.59. The fraction of sp³-hybridized carbons (Fsp3) is 0.533. The molecule has 3 rings (SSSR count). The number of hydrogen-bond donors (Lipinski definition) is 1. The van der Waals surface area contributed by atoms with Crippen molar-refractivity contribution in [1.82, 2.24) is 24.2 Å². The first-order valence-corrected chi connectivity index (χ1v) is 7.67. The number of nitrogens with zero attached hydrogens (tertiary/aromatic N) is 4. The number of aromatic amines is 1. The molecule has 0 aliphatic carbocycles. The quantitative estimate of drug-likeness (QED) is 0.891. The minimum Gasteiger partial charge on any atom is -0.380 e. The Hall–Kier alpha value is -2.35. The summed E-state index contributed by atoms with van der Waals surface area (Å²) in [5.74, 6) is 0.500. The van der Waals surface area contributed by atoms with Crippen LogP contribution in [-0.4, -0.2) is 49.9 Å². The highest BCUT2D eigenvalue weighted by Crippen LogP contribution is 2.33. The van der Waals surface area contributed by atoms with Gasteiger partial charge in [-0.15, -0.1) is 0 Å². The third-order valence-corrected chi connectivity index (χ3v) is 4.42. The number of methoxy groups -OCH3 is 1. The molecule has 1 saturated heterocycles. The van der Waals surface area contributed by atoms with Crippen molar-refractivity contribution < 1.29 is 9.53 Å². The molecule has 1 aliphatic heterocycles. The topological polar surface area (TPSA) is 85.2 Å². The zero-order chi connectivity index (χ0) is 16.6. The van der Waals surface area contributed by atoms with Crippen LogP contribution in [0, 0.1) is 0 Å². The Morgan fingerprint density at radius 1 is 1.52 bits per heavy atom. The minimum atomic E-state index is -0.277. The van der Waals surface area contributed by atoms with Crippen molar-refractivity contribution in [3.8, 4) is 0 Å². The maximum absolute atomic E-state index is 12.9. The van der Waals surface area contributed by atoms with Gasteiger partial charge in [0.05, 0.1) is 12.1 Å². The predicted molar refractivity (Wildman–Crippen MR) is 83.1 cm³/mol. The van der Waals surface area contributed by atoms with Gasteiger partial charge in [-0.25, -0.2) is 9.89 Å². The molecule has 2 atom stereocenters. The standard InChI is InChI=1S/C15H21N5O3/c1-4-19-13(16-17-15(19)22)12-8-10(23-3)9-20(12)14(21)11-6-5-7-18(11)2/h5-7,10,12H,4,8-9H2,1-3H3,(H,17,22)/t10-,12-/m0/s1. The Balaban J connectivity index is 1.98. The van der Waals surface area contributed by atoms with Gasteiger partial charge in [-0.2, -0.15) is 5.10 Å². The van der Waals surface area contributed by atoms with E-state index in [4.69, 9.17) is 4.74 Å². The van der Waals surface area contributed by atoms with Crippen LogP contribution in [-0.2, 0) is 18.3 Å². The molecular weight excluding hydrogens is 298 g/mol. The maximum atomic E-state index is 12.9. The predicted octanol–water partition coefficient (Wildman–Crippen LogP) is 0.532. The number of likely N-dealkylation sites (tertiary alicyclic amines) is 1.